The van der Waals surface area contributed by atoms with E-state index in [1.807, 2.05) is 6.92 Å². The fourth-order valence-corrected chi connectivity index (χ4v) is 2.21. The van der Waals surface area contributed by atoms with Gasteiger partial charge in [-0.15, -0.1) is 0 Å². The summed E-state index contributed by atoms with van der Waals surface area (Å²) in [6.07, 6.45) is 0. The zero-order chi connectivity index (χ0) is 16.8. The highest BCUT2D eigenvalue weighted by Gasteiger charge is 2.16. The predicted octanol–water partition coefficient (Wildman–Crippen LogP) is 4.24. The Bertz CT molecular complexity index is 686. The molecule has 122 valence electrons. The van der Waals surface area contributed by atoms with Crippen LogP contribution >= 0.6 is 11.6 Å². The molecule has 0 aliphatic heterocycles. The maximum atomic E-state index is 12.9. The van der Waals surface area contributed by atoms with Crippen LogP contribution in [-0.2, 0) is 11.3 Å². The number of esters is 1. The molecular weight excluding hydrogens is 323 g/mol. The van der Waals surface area contributed by atoms with Gasteiger partial charge in [0.2, 0.25) is 0 Å². The third kappa shape index (κ3) is 4.36. The van der Waals surface area contributed by atoms with Crippen LogP contribution < -0.4 is 9.47 Å². The van der Waals surface area contributed by atoms with Gasteiger partial charge in [0.15, 0.2) is 11.5 Å². The standard InChI is InChI=1S/C17H16ClFO4/c1-3-22-15-9-12(17(20)21-2)8-14(18)16(15)23-10-11-4-6-13(19)7-5-11/h4-9H,3,10H2,1-2H3. The molecule has 0 bridgehead atoms. The Kier molecular flexibility index (Phi) is 5.82. The molecule has 0 spiro atoms. The van der Waals surface area contributed by atoms with Gasteiger partial charge >= 0.3 is 5.97 Å². The fourth-order valence-electron chi connectivity index (χ4n) is 1.94. The summed E-state index contributed by atoms with van der Waals surface area (Å²) in [5.41, 5.74) is 1.05. The molecule has 0 N–H and O–H groups in total. The van der Waals surface area contributed by atoms with E-state index in [1.165, 1.54) is 31.4 Å². The van der Waals surface area contributed by atoms with Gasteiger partial charge < -0.3 is 14.2 Å². The molecule has 0 atom stereocenters. The number of rotatable bonds is 6. The zero-order valence-electron chi connectivity index (χ0n) is 12.8. The number of benzene rings is 2. The first kappa shape index (κ1) is 17.1. The smallest absolute Gasteiger partial charge is 0.338 e. The van der Waals surface area contributed by atoms with Crippen molar-refractivity contribution in [3.8, 4) is 11.5 Å². The van der Waals surface area contributed by atoms with E-state index in [4.69, 9.17) is 21.1 Å². The summed E-state index contributed by atoms with van der Waals surface area (Å²) in [6, 6.07) is 8.91. The first-order valence-corrected chi connectivity index (χ1v) is 7.34. The molecule has 0 aliphatic carbocycles. The van der Waals surface area contributed by atoms with Gasteiger partial charge in [-0.2, -0.15) is 0 Å². The van der Waals surface area contributed by atoms with E-state index in [9.17, 15) is 9.18 Å². The Morgan fingerprint density at radius 1 is 1.17 bits per heavy atom. The molecule has 0 saturated carbocycles. The van der Waals surface area contributed by atoms with Gasteiger partial charge in [-0.05, 0) is 36.8 Å². The molecule has 0 aliphatic rings. The van der Waals surface area contributed by atoms with Gasteiger partial charge in [0.05, 0.1) is 24.3 Å². The minimum absolute atomic E-state index is 0.192. The predicted molar refractivity (Wildman–Crippen MR) is 84.7 cm³/mol. The summed E-state index contributed by atoms with van der Waals surface area (Å²) in [7, 11) is 1.29. The van der Waals surface area contributed by atoms with E-state index < -0.39 is 5.97 Å². The van der Waals surface area contributed by atoms with Crippen molar-refractivity contribution in [3.63, 3.8) is 0 Å². The van der Waals surface area contributed by atoms with Crippen molar-refractivity contribution in [1.29, 1.82) is 0 Å². The van der Waals surface area contributed by atoms with E-state index in [2.05, 4.69) is 4.74 Å². The summed E-state index contributed by atoms with van der Waals surface area (Å²) in [5, 5.41) is 0.235. The van der Waals surface area contributed by atoms with Crippen LogP contribution in [0.4, 0.5) is 4.39 Å². The molecule has 0 saturated heterocycles. The van der Waals surface area contributed by atoms with Gasteiger partial charge in [0.1, 0.15) is 12.4 Å². The molecule has 0 radical (unpaired) electrons. The second-order valence-corrected chi connectivity index (χ2v) is 5.03. The van der Waals surface area contributed by atoms with Gasteiger partial charge in [0, 0.05) is 0 Å². The van der Waals surface area contributed by atoms with Crippen molar-refractivity contribution in [2.24, 2.45) is 0 Å². The summed E-state index contributed by atoms with van der Waals surface area (Å²) in [4.78, 5) is 11.6. The average molecular weight is 339 g/mol. The lowest BCUT2D eigenvalue weighted by molar-refractivity contribution is 0.0600. The molecule has 2 aromatic rings. The number of hydrogen-bond donors (Lipinski definition) is 0. The van der Waals surface area contributed by atoms with Crippen molar-refractivity contribution in [2.45, 2.75) is 13.5 Å². The Balaban J connectivity index is 2.25. The Morgan fingerprint density at radius 2 is 1.87 bits per heavy atom. The highest BCUT2D eigenvalue weighted by Crippen LogP contribution is 2.37. The molecule has 0 aromatic heterocycles. The first-order chi connectivity index (χ1) is 11.0. The monoisotopic (exact) mass is 338 g/mol. The molecule has 6 heteroatoms. The van der Waals surface area contributed by atoms with Crippen molar-refractivity contribution >= 4 is 17.6 Å². The highest BCUT2D eigenvalue weighted by atomic mass is 35.5. The third-order valence-electron chi connectivity index (χ3n) is 3.03. The van der Waals surface area contributed by atoms with Crippen LogP contribution in [0.5, 0.6) is 11.5 Å². The maximum absolute atomic E-state index is 12.9. The molecule has 0 amide bonds. The van der Waals surface area contributed by atoms with E-state index in [0.29, 0.717) is 18.1 Å². The Hall–Kier alpha value is -2.27. The quantitative estimate of drug-likeness (QED) is 0.739. The van der Waals surface area contributed by atoms with Crippen LogP contribution in [0.1, 0.15) is 22.8 Å². The molecular formula is C17H16ClFO4. The SMILES string of the molecule is CCOc1cc(C(=O)OC)cc(Cl)c1OCc1ccc(F)cc1. The van der Waals surface area contributed by atoms with Crippen LogP contribution in [0.3, 0.4) is 0 Å². The van der Waals surface area contributed by atoms with E-state index >= 15 is 0 Å². The van der Waals surface area contributed by atoms with Crippen molar-refractivity contribution in [1.82, 2.24) is 0 Å². The fraction of sp³-hybridized carbons (Fsp3) is 0.235. The first-order valence-electron chi connectivity index (χ1n) is 6.97. The molecule has 2 rings (SSSR count). The average Bonchev–Trinajstić information content (AvgIpc) is 2.55. The molecule has 0 fully saturated rings. The summed E-state index contributed by atoms with van der Waals surface area (Å²) in [5.74, 6) is -0.157. The Labute approximate surface area is 138 Å². The van der Waals surface area contributed by atoms with E-state index in [1.54, 1.807) is 12.1 Å². The zero-order valence-corrected chi connectivity index (χ0v) is 13.5. The number of halogens is 2. The minimum atomic E-state index is -0.516. The van der Waals surface area contributed by atoms with Crippen molar-refractivity contribution < 1.29 is 23.4 Å². The number of carbonyl (C=O) groups is 1. The lowest BCUT2D eigenvalue weighted by atomic mass is 10.2. The van der Waals surface area contributed by atoms with Crippen LogP contribution in [0.25, 0.3) is 0 Å². The van der Waals surface area contributed by atoms with E-state index in [0.717, 1.165) is 5.56 Å². The molecule has 0 unspecified atom stereocenters. The largest absolute Gasteiger partial charge is 0.490 e. The summed E-state index contributed by atoms with van der Waals surface area (Å²) < 4.78 is 28.7. The summed E-state index contributed by atoms with van der Waals surface area (Å²) >= 11 is 6.19. The van der Waals surface area contributed by atoms with E-state index in [-0.39, 0.29) is 23.0 Å². The number of hydrogen-bond acceptors (Lipinski definition) is 4. The van der Waals surface area contributed by atoms with Crippen molar-refractivity contribution in [3.05, 3.63) is 58.4 Å². The van der Waals surface area contributed by atoms with Crippen LogP contribution in [0, 0.1) is 5.82 Å². The normalized spacial score (nSPS) is 10.3. The van der Waals surface area contributed by atoms with Gasteiger partial charge in [-0.3, -0.25) is 0 Å². The lowest BCUT2D eigenvalue weighted by Gasteiger charge is -2.15. The second kappa shape index (κ2) is 7.83. The second-order valence-electron chi connectivity index (χ2n) is 4.63. The summed E-state index contributed by atoms with van der Waals surface area (Å²) in [6.45, 7) is 2.38. The maximum Gasteiger partial charge on any atom is 0.338 e. The third-order valence-corrected chi connectivity index (χ3v) is 3.31. The topological polar surface area (TPSA) is 44.8 Å². The van der Waals surface area contributed by atoms with Gasteiger partial charge in [-0.1, -0.05) is 23.7 Å². The lowest BCUT2D eigenvalue weighted by Crippen LogP contribution is -2.05. The van der Waals surface area contributed by atoms with Crippen LogP contribution in [0.2, 0.25) is 5.02 Å². The molecule has 23 heavy (non-hydrogen) atoms. The minimum Gasteiger partial charge on any atom is -0.490 e. The number of ether oxygens (including phenoxy) is 3. The number of carbonyl (C=O) groups excluding carboxylic acids is 1. The molecule has 4 nitrogen and oxygen atoms in total. The van der Waals surface area contributed by atoms with Gasteiger partial charge in [0.25, 0.3) is 0 Å². The Morgan fingerprint density at radius 3 is 2.48 bits per heavy atom. The van der Waals surface area contributed by atoms with Crippen molar-refractivity contribution in [2.75, 3.05) is 13.7 Å². The van der Waals surface area contributed by atoms with Crippen LogP contribution in [-0.4, -0.2) is 19.7 Å². The highest BCUT2D eigenvalue weighted by molar-refractivity contribution is 6.32. The number of methoxy groups -OCH3 is 1. The van der Waals surface area contributed by atoms with Gasteiger partial charge in [-0.25, -0.2) is 9.18 Å². The van der Waals surface area contributed by atoms with Crippen LogP contribution in [0.15, 0.2) is 36.4 Å². The molecule has 2 aromatic carbocycles. The molecule has 0 heterocycles.